The van der Waals surface area contributed by atoms with Gasteiger partial charge >= 0.3 is 0 Å². The molecule has 1 aliphatic carbocycles. The Kier molecular flexibility index (Phi) is 5.49. The molecule has 0 atom stereocenters. The molecule has 1 heterocycles. The van der Waals surface area contributed by atoms with Crippen LogP contribution in [0.15, 0.2) is 4.99 Å². The van der Waals surface area contributed by atoms with Crippen molar-refractivity contribution in [1.82, 2.24) is 5.32 Å². The van der Waals surface area contributed by atoms with Crippen LogP contribution in [-0.4, -0.2) is 30.1 Å². The van der Waals surface area contributed by atoms with Gasteiger partial charge in [0.1, 0.15) is 0 Å². The summed E-state index contributed by atoms with van der Waals surface area (Å²) in [6, 6.07) is 0.578. The summed E-state index contributed by atoms with van der Waals surface area (Å²) in [5.41, 5.74) is 5.96. The van der Waals surface area contributed by atoms with Gasteiger partial charge in [0.2, 0.25) is 0 Å². The van der Waals surface area contributed by atoms with E-state index in [-0.39, 0.29) is 0 Å². The molecule has 4 heteroatoms. The lowest BCUT2D eigenvalue weighted by molar-refractivity contribution is 0.411. The molecule has 1 saturated carbocycles. The molecule has 0 bridgehead atoms. The van der Waals surface area contributed by atoms with Gasteiger partial charge in [-0.05, 0) is 43.1 Å². The lowest BCUT2D eigenvalue weighted by Gasteiger charge is -2.24. The van der Waals surface area contributed by atoms with Gasteiger partial charge in [0, 0.05) is 12.6 Å². The van der Waals surface area contributed by atoms with Gasteiger partial charge in [-0.15, -0.1) is 0 Å². The second-order valence-electron chi connectivity index (χ2n) is 5.26. The summed E-state index contributed by atoms with van der Waals surface area (Å²) in [7, 11) is 0. The summed E-state index contributed by atoms with van der Waals surface area (Å²) in [6.07, 6.45) is 9.20. The molecule has 98 valence electrons. The molecule has 2 fully saturated rings. The van der Waals surface area contributed by atoms with Crippen molar-refractivity contribution in [1.29, 1.82) is 0 Å². The Labute approximate surface area is 109 Å². The molecule has 1 aliphatic heterocycles. The third kappa shape index (κ3) is 4.78. The van der Waals surface area contributed by atoms with E-state index in [0.717, 1.165) is 12.5 Å². The first-order valence-corrected chi connectivity index (χ1v) is 8.14. The van der Waals surface area contributed by atoms with Crippen LogP contribution in [0.25, 0.3) is 0 Å². The quantitative estimate of drug-likeness (QED) is 0.601. The van der Waals surface area contributed by atoms with E-state index >= 15 is 0 Å². The van der Waals surface area contributed by atoms with Crippen molar-refractivity contribution in [2.45, 2.75) is 51.0 Å². The van der Waals surface area contributed by atoms with E-state index in [9.17, 15) is 0 Å². The summed E-state index contributed by atoms with van der Waals surface area (Å²) in [5.74, 6) is 4.05. The summed E-state index contributed by atoms with van der Waals surface area (Å²) in [6.45, 7) is 0.923. The predicted molar refractivity (Wildman–Crippen MR) is 76.5 cm³/mol. The standard InChI is InChI=1S/C13H25N3S/c14-13(16-12-4-2-1-3-5-12)15-10-11-6-8-17-9-7-11/h11-12H,1-10H2,(H3,14,15,16). The molecule has 3 nitrogen and oxygen atoms in total. The molecule has 2 rings (SSSR count). The van der Waals surface area contributed by atoms with Gasteiger partial charge in [0.25, 0.3) is 0 Å². The minimum absolute atomic E-state index is 0.578. The first-order chi connectivity index (χ1) is 8.34. The Morgan fingerprint density at radius 1 is 1.12 bits per heavy atom. The summed E-state index contributed by atoms with van der Waals surface area (Å²) in [4.78, 5) is 4.52. The van der Waals surface area contributed by atoms with E-state index in [1.54, 1.807) is 0 Å². The fourth-order valence-corrected chi connectivity index (χ4v) is 3.86. The third-order valence-electron chi connectivity index (χ3n) is 3.82. The average molecular weight is 255 g/mol. The lowest BCUT2D eigenvalue weighted by Crippen LogP contribution is -2.41. The van der Waals surface area contributed by atoms with E-state index in [4.69, 9.17) is 5.73 Å². The topological polar surface area (TPSA) is 50.4 Å². The minimum atomic E-state index is 0.578. The first kappa shape index (κ1) is 13.1. The van der Waals surface area contributed by atoms with Crippen molar-refractivity contribution < 1.29 is 0 Å². The molecule has 3 N–H and O–H groups in total. The molecule has 17 heavy (non-hydrogen) atoms. The van der Waals surface area contributed by atoms with Crippen LogP contribution in [0, 0.1) is 5.92 Å². The zero-order valence-electron chi connectivity index (χ0n) is 10.7. The van der Waals surface area contributed by atoms with Crippen molar-refractivity contribution in [3.05, 3.63) is 0 Å². The second-order valence-corrected chi connectivity index (χ2v) is 6.49. The number of nitrogens with zero attached hydrogens (tertiary/aromatic N) is 1. The van der Waals surface area contributed by atoms with E-state index in [0.29, 0.717) is 12.0 Å². The zero-order chi connectivity index (χ0) is 11.9. The summed E-state index contributed by atoms with van der Waals surface area (Å²) < 4.78 is 0. The number of guanidine groups is 1. The smallest absolute Gasteiger partial charge is 0.188 e. The van der Waals surface area contributed by atoms with Crippen LogP contribution in [0.5, 0.6) is 0 Å². The van der Waals surface area contributed by atoms with Gasteiger partial charge in [0.15, 0.2) is 5.96 Å². The number of hydrogen-bond acceptors (Lipinski definition) is 2. The number of thioether (sulfide) groups is 1. The highest BCUT2D eigenvalue weighted by molar-refractivity contribution is 7.99. The van der Waals surface area contributed by atoms with Crippen molar-refractivity contribution >= 4 is 17.7 Å². The maximum atomic E-state index is 5.96. The monoisotopic (exact) mass is 255 g/mol. The van der Waals surface area contributed by atoms with Gasteiger partial charge in [-0.2, -0.15) is 11.8 Å². The van der Waals surface area contributed by atoms with Crippen molar-refractivity contribution in [3.8, 4) is 0 Å². The molecule has 0 aromatic carbocycles. The van der Waals surface area contributed by atoms with Crippen LogP contribution in [0.4, 0.5) is 0 Å². The Morgan fingerprint density at radius 3 is 2.53 bits per heavy atom. The average Bonchev–Trinajstić information content (AvgIpc) is 2.39. The summed E-state index contributed by atoms with van der Waals surface area (Å²) in [5, 5.41) is 3.38. The SMILES string of the molecule is NC(=NCC1CCSCC1)NC1CCCCC1. The van der Waals surface area contributed by atoms with Crippen LogP contribution in [0.1, 0.15) is 44.9 Å². The normalized spacial score (nSPS) is 24.8. The Hall–Kier alpha value is -0.380. The van der Waals surface area contributed by atoms with Crippen molar-refractivity contribution in [2.75, 3.05) is 18.1 Å². The van der Waals surface area contributed by atoms with Gasteiger partial charge < -0.3 is 11.1 Å². The summed E-state index contributed by atoms with van der Waals surface area (Å²) >= 11 is 2.07. The number of rotatable bonds is 3. The molecule has 0 unspecified atom stereocenters. The first-order valence-electron chi connectivity index (χ1n) is 6.99. The maximum absolute atomic E-state index is 5.96. The number of aliphatic imine (C=N–C) groups is 1. The second kappa shape index (κ2) is 7.14. The molecule has 0 aromatic rings. The molecule has 0 radical (unpaired) electrons. The Balaban J connectivity index is 1.68. The van der Waals surface area contributed by atoms with Crippen molar-refractivity contribution in [3.63, 3.8) is 0 Å². The molecular formula is C13H25N3S. The highest BCUT2D eigenvalue weighted by atomic mass is 32.2. The van der Waals surface area contributed by atoms with E-state index < -0.39 is 0 Å². The van der Waals surface area contributed by atoms with Crippen LogP contribution in [0.2, 0.25) is 0 Å². The van der Waals surface area contributed by atoms with Crippen molar-refractivity contribution in [2.24, 2.45) is 16.6 Å². The highest BCUT2D eigenvalue weighted by Gasteiger charge is 2.15. The third-order valence-corrected chi connectivity index (χ3v) is 4.87. The largest absolute Gasteiger partial charge is 0.370 e. The van der Waals surface area contributed by atoms with Crippen LogP contribution in [0.3, 0.4) is 0 Å². The highest BCUT2D eigenvalue weighted by Crippen LogP contribution is 2.22. The maximum Gasteiger partial charge on any atom is 0.188 e. The van der Waals surface area contributed by atoms with Crippen LogP contribution in [-0.2, 0) is 0 Å². The fourth-order valence-electron chi connectivity index (χ4n) is 2.66. The zero-order valence-corrected chi connectivity index (χ0v) is 11.5. The molecule has 2 aliphatic rings. The lowest BCUT2D eigenvalue weighted by atomic mass is 9.96. The number of hydrogen-bond donors (Lipinski definition) is 2. The van der Waals surface area contributed by atoms with Crippen LogP contribution < -0.4 is 11.1 Å². The predicted octanol–water partition coefficient (Wildman–Crippen LogP) is 2.37. The Morgan fingerprint density at radius 2 is 1.82 bits per heavy atom. The Bertz CT molecular complexity index is 243. The fraction of sp³-hybridized carbons (Fsp3) is 0.923. The van der Waals surface area contributed by atoms with Gasteiger partial charge in [-0.3, -0.25) is 4.99 Å². The van der Waals surface area contributed by atoms with Crippen LogP contribution >= 0.6 is 11.8 Å². The molecular weight excluding hydrogens is 230 g/mol. The van der Waals surface area contributed by atoms with Gasteiger partial charge in [0.05, 0.1) is 0 Å². The molecule has 1 saturated heterocycles. The van der Waals surface area contributed by atoms with E-state index in [2.05, 4.69) is 22.1 Å². The van der Waals surface area contributed by atoms with Gasteiger partial charge in [-0.25, -0.2) is 0 Å². The minimum Gasteiger partial charge on any atom is -0.370 e. The molecule has 0 spiro atoms. The van der Waals surface area contributed by atoms with E-state index in [1.165, 1.54) is 56.5 Å². The van der Waals surface area contributed by atoms with Gasteiger partial charge in [-0.1, -0.05) is 19.3 Å². The molecule has 0 aromatic heterocycles. The number of nitrogens with one attached hydrogen (secondary N) is 1. The van der Waals surface area contributed by atoms with E-state index in [1.807, 2.05) is 0 Å². The molecule has 0 amide bonds. The number of nitrogens with two attached hydrogens (primary N) is 1.